The van der Waals surface area contributed by atoms with Crippen molar-refractivity contribution in [2.24, 2.45) is 0 Å². The van der Waals surface area contributed by atoms with Crippen LogP contribution >= 0.6 is 0 Å². The molecule has 4 aromatic carbocycles. The van der Waals surface area contributed by atoms with Gasteiger partial charge in [-0.05, 0) is 68.3 Å². The van der Waals surface area contributed by atoms with E-state index in [0.29, 0.717) is 0 Å². The van der Waals surface area contributed by atoms with Crippen LogP contribution in [-0.2, 0) is 10.8 Å². The molecule has 0 saturated carbocycles. The van der Waals surface area contributed by atoms with Gasteiger partial charge in [-0.1, -0.05) is 88.4 Å². The Labute approximate surface area is 184 Å². The number of anilines is 1. The van der Waals surface area contributed by atoms with Crippen molar-refractivity contribution in [3.05, 3.63) is 101 Å². The molecule has 31 heavy (non-hydrogen) atoms. The Kier molecular flexibility index (Phi) is 3.50. The number of hydrogen-bond acceptors (Lipinski definition) is 1. The third kappa shape index (κ3) is 2.32. The topological polar surface area (TPSA) is 26.0 Å². The zero-order valence-electron chi connectivity index (χ0n) is 18.6. The van der Waals surface area contributed by atoms with Gasteiger partial charge in [-0.25, -0.2) is 0 Å². The normalized spacial score (nSPS) is 16.4. The summed E-state index contributed by atoms with van der Waals surface area (Å²) >= 11 is 0. The van der Waals surface area contributed by atoms with Crippen LogP contribution in [0.1, 0.15) is 49.9 Å². The summed E-state index contributed by atoms with van der Waals surface area (Å²) in [5.74, 6) is 0. The van der Waals surface area contributed by atoms with Crippen LogP contribution in [0, 0.1) is 0 Å². The zero-order chi connectivity index (χ0) is 21.5. The molecule has 0 aliphatic heterocycles. The Morgan fingerprint density at radius 1 is 0.484 bits per heavy atom. The number of rotatable bonds is 1. The van der Waals surface area contributed by atoms with Gasteiger partial charge in [0, 0.05) is 22.1 Å². The van der Waals surface area contributed by atoms with E-state index in [-0.39, 0.29) is 10.8 Å². The smallest absolute Gasteiger partial charge is 0.0397 e. The van der Waals surface area contributed by atoms with Crippen LogP contribution in [0.2, 0.25) is 0 Å². The number of hydrogen-bond donors (Lipinski definition) is 1. The zero-order valence-corrected chi connectivity index (χ0v) is 18.6. The van der Waals surface area contributed by atoms with E-state index >= 15 is 0 Å². The monoisotopic (exact) mass is 401 g/mol. The summed E-state index contributed by atoms with van der Waals surface area (Å²) in [5.41, 5.74) is 20.6. The summed E-state index contributed by atoms with van der Waals surface area (Å²) in [6.45, 7) is 9.25. The third-order valence-corrected chi connectivity index (χ3v) is 7.65. The van der Waals surface area contributed by atoms with Crippen molar-refractivity contribution in [1.82, 2.24) is 0 Å². The van der Waals surface area contributed by atoms with E-state index < -0.39 is 0 Å². The summed E-state index contributed by atoms with van der Waals surface area (Å²) in [6, 6.07) is 28.9. The molecule has 0 amide bonds. The average molecular weight is 402 g/mol. The molecule has 1 nitrogen and oxygen atoms in total. The highest BCUT2D eigenvalue weighted by atomic mass is 14.6. The van der Waals surface area contributed by atoms with Gasteiger partial charge in [0.2, 0.25) is 0 Å². The average Bonchev–Trinajstić information content (AvgIpc) is 3.13. The largest absolute Gasteiger partial charge is 0.398 e. The first-order valence-electron chi connectivity index (χ1n) is 11.1. The fraction of sp³-hybridized carbons (Fsp3) is 0.200. The first-order valence-corrected chi connectivity index (χ1v) is 11.1. The van der Waals surface area contributed by atoms with E-state index in [0.717, 1.165) is 11.3 Å². The third-order valence-electron chi connectivity index (χ3n) is 7.65. The second-order valence-electron chi connectivity index (χ2n) is 10.1. The second-order valence-corrected chi connectivity index (χ2v) is 10.1. The first kappa shape index (κ1) is 18.4. The molecular formula is C30H27N. The molecule has 4 aromatic rings. The number of nitrogen functional groups attached to an aromatic ring is 1. The van der Waals surface area contributed by atoms with Gasteiger partial charge in [-0.2, -0.15) is 0 Å². The van der Waals surface area contributed by atoms with Crippen LogP contribution in [0.25, 0.3) is 33.4 Å². The molecule has 6 rings (SSSR count). The maximum atomic E-state index is 6.68. The molecule has 0 atom stereocenters. The van der Waals surface area contributed by atoms with E-state index in [1.807, 2.05) is 0 Å². The molecule has 0 saturated heterocycles. The Bertz CT molecular complexity index is 1390. The van der Waals surface area contributed by atoms with Crippen LogP contribution in [0.15, 0.2) is 78.9 Å². The Hall–Kier alpha value is -3.32. The van der Waals surface area contributed by atoms with Crippen LogP contribution in [0.3, 0.4) is 0 Å². The first-order chi connectivity index (χ1) is 14.8. The lowest BCUT2D eigenvalue weighted by Gasteiger charge is -2.23. The van der Waals surface area contributed by atoms with Crippen molar-refractivity contribution < 1.29 is 0 Å². The highest BCUT2D eigenvalue weighted by molar-refractivity contribution is 5.91. The molecule has 2 aliphatic rings. The summed E-state index contributed by atoms with van der Waals surface area (Å²) in [7, 11) is 0. The van der Waals surface area contributed by atoms with E-state index in [9.17, 15) is 0 Å². The Morgan fingerprint density at radius 3 is 1.65 bits per heavy atom. The van der Waals surface area contributed by atoms with Crippen molar-refractivity contribution in [1.29, 1.82) is 0 Å². The minimum Gasteiger partial charge on any atom is -0.398 e. The van der Waals surface area contributed by atoms with Crippen LogP contribution in [0.5, 0.6) is 0 Å². The van der Waals surface area contributed by atoms with Gasteiger partial charge >= 0.3 is 0 Å². The van der Waals surface area contributed by atoms with Gasteiger partial charge in [-0.3, -0.25) is 0 Å². The SMILES string of the molecule is CC1(C)c2ccccc2-c2ccc(-c3cc4c(cc3N)C(C)(C)c3ccccc3-4)cc21. The van der Waals surface area contributed by atoms with Gasteiger partial charge in [0.25, 0.3) is 0 Å². The Morgan fingerprint density at radius 2 is 1.00 bits per heavy atom. The molecule has 0 heterocycles. The molecule has 0 fully saturated rings. The highest BCUT2D eigenvalue weighted by Gasteiger charge is 2.37. The molecule has 2 aliphatic carbocycles. The fourth-order valence-corrected chi connectivity index (χ4v) is 5.89. The lowest BCUT2D eigenvalue weighted by atomic mass is 9.80. The molecular weight excluding hydrogens is 374 g/mol. The van der Waals surface area contributed by atoms with E-state index in [1.165, 1.54) is 50.1 Å². The number of fused-ring (bicyclic) bond motifs is 6. The van der Waals surface area contributed by atoms with Gasteiger partial charge in [0.1, 0.15) is 0 Å². The summed E-state index contributed by atoms with van der Waals surface area (Å²) < 4.78 is 0. The molecule has 2 N–H and O–H groups in total. The van der Waals surface area contributed by atoms with Crippen molar-refractivity contribution in [2.75, 3.05) is 5.73 Å². The number of benzene rings is 4. The summed E-state index contributed by atoms with van der Waals surface area (Å²) in [6.07, 6.45) is 0. The predicted octanol–water partition coefficient (Wildman–Crippen LogP) is 7.55. The molecule has 0 aromatic heterocycles. The van der Waals surface area contributed by atoms with Crippen molar-refractivity contribution in [3.8, 4) is 33.4 Å². The molecule has 1 heteroatoms. The lowest BCUT2D eigenvalue weighted by Crippen LogP contribution is -2.15. The molecule has 0 spiro atoms. The predicted molar refractivity (Wildman–Crippen MR) is 131 cm³/mol. The number of nitrogens with two attached hydrogens (primary N) is 1. The fourth-order valence-electron chi connectivity index (χ4n) is 5.89. The Balaban J connectivity index is 1.56. The van der Waals surface area contributed by atoms with Crippen molar-refractivity contribution >= 4 is 5.69 Å². The lowest BCUT2D eigenvalue weighted by molar-refractivity contribution is 0.660. The molecule has 152 valence electrons. The van der Waals surface area contributed by atoms with E-state index in [1.54, 1.807) is 0 Å². The minimum absolute atomic E-state index is 0.0119. The molecule has 0 bridgehead atoms. The molecule has 0 unspecified atom stereocenters. The molecule has 0 radical (unpaired) electrons. The van der Waals surface area contributed by atoms with E-state index in [2.05, 4.69) is 107 Å². The van der Waals surface area contributed by atoms with E-state index in [4.69, 9.17) is 5.73 Å². The minimum atomic E-state index is -0.0276. The van der Waals surface area contributed by atoms with Gasteiger partial charge in [0.05, 0.1) is 0 Å². The van der Waals surface area contributed by atoms with Crippen LogP contribution < -0.4 is 5.73 Å². The standard InChI is InChI=1S/C30H27N/c1-29(2)24-11-7-5-9-19(24)21-14-13-18(15-26(21)29)22-16-23-20-10-6-8-12-25(20)30(3,4)27(23)17-28(22)31/h5-17H,31H2,1-4H3. The van der Waals surface area contributed by atoms with Crippen LogP contribution in [0.4, 0.5) is 5.69 Å². The van der Waals surface area contributed by atoms with Gasteiger partial charge < -0.3 is 5.73 Å². The van der Waals surface area contributed by atoms with Gasteiger partial charge in [0.15, 0.2) is 0 Å². The quantitative estimate of drug-likeness (QED) is 0.327. The van der Waals surface area contributed by atoms with Crippen molar-refractivity contribution in [2.45, 2.75) is 38.5 Å². The van der Waals surface area contributed by atoms with Gasteiger partial charge in [-0.15, -0.1) is 0 Å². The summed E-state index contributed by atoms with van der Waals surface area (Å²) in [4.78, 5) is 0. The summed E-state index contributed by atoms with van der Waals surface area (Å²) in [5, 5.41) is 0. The second kappa shape index (κ2) is 5.88. The van der Waals surface area contributed by atoms with Crippen molar-refractivity contribution in [3.63, 3.8) is 0 Å². The maximum Gasteiger partial charge on any atom is 0.0397 e. The highest BCUT2D eigenvalue weighted by Crippen LogP contribution is 2.52. The maximum absolute atomic E-state index is 6.68. The van der Waals surface area contributed by atoms with Crippen LogP contribution in [-0.4, -0.2) is 0 Å².